The SMILES string of the molecule is CCN(CCCNC(=NC)N1CCOC(c2ccccc2C)C1)S(C)(=O)=O.I. The van der Waals surface area contributed by atoms with E-state index >= 15 is 0 Å². The molecule has 1 saturated heterocycles. The summed E-state index contributed by atoms with van der Waals surface area (Å²) in [5.74, 6) is 0.833. The Morgan fingerprint density at radius 3 is 2.71 bits per heavy atom. The van der Waals surface area contributed by atoms with Crippen LogP contribution in [0, 0.1) is 6.92 Å². The lowest BCUT2D eigenvalue weighted by molar-refractivity contribution is -0.00830. The predicted molar refractivity (Wildman–Crippen MR) is 125 cm³/mol. The van der Waals surface area contributed by atoms with Gasteiger partial charge in [0, 0.05) is 33.2 Å². The summed E-state index contributed by atoms with van der Waals surface area (Å²) in [6, 6.07) is 8.30. The number of sulfonamides is 1. The van der Waals surface area contributed by atoms with Crippen molar-refractivity contribution >= 4 is 40.0 Å². The Morgan fingerprint density at radius 2 is 2.11 bits per heavy atom. The number of benzene rings is 1. The Morgan fingerprint density at radius 1 is 1.39 bits per heavy atom. The minimum Gasteiger partial charge on any atom is -0.370 e. The number of rotatable bonds is 7. The molecule has 160 valence electrons. The van der Waals surface area contributed by atoms with E-state index < -0.39 is 10.0 Å². The molecule has 9 heteroatoms. The lowest BCUT2D eigenvalue weighted by Crippen LogP contribution is -2.48. The highest BCUT2D eigenvalue weighted by Crippen LogP contribution is 2.24. The summed E-state index contributed by atoms with van der Waals surface area (Å²) < 4.78 is 30.8. The highest BCUT2D eigenvalue weighted by Gasteiger charge is 2.25. The van der Waals surface area contributed by atoms with E-state index in [1.807, 2.05) is 19.1 Å². The van der Waals surface area contributed by atoms with E-state index in [4.69, 9.17) is 4.74 Å². The normalized spacial score (nSPS) is 18.1. The van der Waals surface area contributed by atoms with Crippen LogP contribution in [0.5, 0.6) is 0 Å². The van der Waals surface area contributed by atoms with Gasteiger partial charge in [0.15, 0.2) is 5.96 Å². The van der Waals surface area contributed by atoms with Gasteiger partial charge in [0.2, 0.25) is 10.0 Å². The first-order valence-corrected chi connectivity index (χ1v) is 11.3. The molecular weight excluding hydrogens is 491 g/mol. The fourth-order valence-corrected chi connectivity index (χ4v) is 4.25. The molecule has 1 heterocycles. The quantitative estimate of drug-likeness (QED) is 0.257. The number of morpholine rings is 1. The van der Waals surface area contributed by atoms with Crippen LogP contribution in [0.4, 0.5) is 0 Å². The lowest BCUT2D eigenvalue weighted by Gasteiger charge is -2.35. The minimum absolute atomic E-state index is 0. The van der Waals surface area contributed by atoms with Crippen LogP contribution in [-0.2, 0) is 14.8 Å². The first kappa shape index (κ1) is 25.1. The van der Waals surface area contributed by atoms with Gasteiger partial charge in [-0.15, -0.1) is 24.0 Å². The number of aliphatic imine (C=N–C) groups is 1. The average molecular weight is 524 g/mol. The summed E-state index contributed by atoms with van der Waals surface area (Å²) in [5, 5.41) is 3.36. The largest absolute Gasteiger partial charge is 0.370 e. The van der Waals surface area contributed by atoms with Gasteiger partial charge in [0.1, 0.15) is 6.10 Å². The third kappa shape index (κ3) is 7.16. The van der Waals surface area contributed by atoms with Crippen LogP contribution in [0.2, 0.25) is 0 Å². The highest BCUT2D eigenvalue weighted by atomic mass is 127. The Labute approximate surface area is 186 Å². The fourth-order valence-electron chi connectivity index (χ4n) is 3.32. The fraction of sp³-hybridized carbons (Fsp3) is 0.632. The molecule has 28 heavy (non-hydrogen) atoms. The molecule has 0 saturated carbocycles. The number of aryl methyl sites for hydroxylation is 1. The van der Waals surface area contributed by atoms with Crippen molar-refractivity contribution in [3.63, 3.8) is 0 Å². The first-order chi connectivity index (χ1) is 12.9. The van der Waals surface area contributed by atoms with Crippen molar-refractivity contribution in [1.82, 2.24) is 14.5 Å². The molecular formula is C19H33IN4O3S. The van der Waals surface area contributed by atoms with Gasteiger partial charge in [-0.2, -0.15) is 0 Å². The molecule has 0 radical (unpaired) electrons. The molecule has 1 aromatic carbocycles. The zero-order valence-electron chi connectivity index (χ0n) is 17.2. The van der Waals surface area contributed by atoms with Crippen LogP contribution in [0.3, 0.4) is 0 Å². The summed E-state index contributed by atoms with van der Waals surface area (Å²) in [6.45, 7) is 7.81. The minimum atomic E-state index is -3.14. The summed E-state index contributed by atoms with van der Waals surface area (Å²) in [7, 11) is -1.36. The second-order valence-corrected chi connectivity index (χ2v) is 8.73. The van der Waals surface area contributed by atoms with Gasteiger partial charge in [-0.25, -0.2) is 12.7 Å². The van der Waals surface area contributed by atoms with Crippen LogP contribution >= 0.6 is 24.0 Å². The summed E-state index contributed by atoms with van der Waals surface area (Å²) in [4.78, 5) is 6.60. The highest BCUT2D eigenvalue weighted by molar-refractivity contribution is 14.0. The maximum Gasteiger partial charge on any atom is 0.211 e. The van der Waals surface area contributed by atoms with Gasteiger partial charge in [-0.3, -0.25) is 4.99 Å². The van der Waals surface area contributed by atoms with Crippen molar-refractivity contribution in [3.05, 3.63) is 35.4 Å². The van der Waals surface area contributed by atoms with E-state index in [9.17, 15) is 8.42 Å². The molecule has 0 spiro atoms. The van der Waals surface area contributed by atoms with E-state index in [1.165, 1.54) is 21.7 Å². The molecule has 1 atom stereocenters. The van der Waals surface area contributed by atoms with Crippen molar-refractivity contribution in [1.29, 1.82) is 0 Å². The number of guanidine groups is 1. The number of halogens is 1. The van der Waals surface area contributed by atoms with Crippen LogP contribution in [0.25, 0.3) is 0 Å². The van der Waals surface area contributed by atoms with Gasteiger partial charge in [-0.05, 0) is 24.5 Å². The molecule has 0 aliphatic carbocycles. The van der Waals surface area contributed by atoms with Crippen LogP contribution in [0.15, 0.2) is 29.3 Å². The van der Waals surface area contributed by atoms with Gasteiger partial charge in [0.25, 0.3) is 0 Å². The van der Waals surface area contributed by atoms with Gasteiger partial charge in [-0.1, -0.05) is 31.2 Å². The van der Waals surface area contributed by atoms with Gasteiger partial charge in [0.05, 0.1) is 19.4 Å². The summed E-state index contributed by atoms with van der Waals surface area (Å²) in [6.07, 6.45) is 2.01. The smallest absolute Gasteiger partial charge is 0.211 e. The molecule has 0 aromatic heterocycles. The molecule has 2 rings (SSSR count). The maximum absolute atomic E-state index is 11.7. The monoisotopic (exact) mass is 524 g/mol. The Bertz CT molecular complexity index is 742. The lowest BCUT2D eigenvalue weighted by atomic mass is 10.0. The average Bonchev–Trinajstić information content (AvgIpc) is 2.64. The number of nitrogens with zero attached hydrogens (tertiary/aromatic N) is 3. The second kappa shape index (κ2) is 11.9. The Balaban J connectivity index is 0.00000392. The molecule has 1 unspecified atom stereocenters. The first-order valence-electron chi connectivity index (χ1n) is 9.44. The molecule has 0 amide bonds. The van der Waals surface area contributed by atoms with E-state index in [0.717, 1.165) is 25.5 Å². The van der Waals surface area contributed by atoms with Crippen molar-refractivity contribution in [2.75, 3.05) is 52.6 Å². The van der Waals surface area contributed by atoms with Crippen LogP contribution in [0.1, 0.15) is 30.6 Å². The standard InChI is InChI=1S/C19H32N4O3S.HI/c1-5-23(27(4,24)25)12-8-11-21-19(20-3)22-13-14-26-18(15-22)17-10-7-6-9-16(17)2;/h6-7,9-10,18H,5,8,11-15H2,1-4H3,(H,20,21);1H. The second-order valence-electron chi connectivity index (χ2n) is 6.74. The Kier molecular flexibility index (Phi) is 10.7. The molecule has 1 aliphatic rings. The zero-order chi connectivity index (χ0) is 19.9. The topological polar surface area (TPSA) is 74.2 Å². The molecule has 1 aromatic rings. The van der Waals surface area contributed by atoms with E-state index in [2.05, 4.69) is 34.3 Å². The third-order valence-corrected chi connectivity index (χ3v) is 6.18. The number of ether oxygens (including phenoxy) is 1. The van der Waals surface area contributed by atoms with Gasteiger partial charge < -0.3 is 15.0 Å². The van der Waals surface area contributed by atoms with Crippen molar-refractivity contribution in [3.8, 4) is 0 Å². The third-order valence-electron chi connectivity index (χ3n) is 4.80. The van der Waals surface area contributed by atoms with Crippen molar-refractivity contribution in [2.45, 2.75) is 26.4 Å². The van der Waals surface area contributed by atoms with Crippen molar-refractivity contribution < 1.29 is 13.2 Å². The number of hydrogen-bond donors (Lipinski definition) is 1. The molecule has 1 N–H and O–H groups in total. The van der Waals surface area contributed by atoms with E-state index in [1.54, 1.807) is 7.05 Å². The molecule has 1 fully saturated rings. The molecule has 1 aliphatic heterocycles. The number of hydrogen-bond acceptors (Lipinski definition) is 4. The number of nitrogens with one attached hydrogen (secondary N) is 1. The van der Waals surface area contributed by atoms with Crippen molar-refractivity contribution in [2.24, 2.45) is 4.99 Å². The van der Waals surface area contributed by atoms with E-state index in [-0.39, 0.29) is 30.1 Å². The predicted octanol–water partition coefficient (Wildman–Crippen LogP) is 2.23. The molecule has 7 nitrogen and oxygen atoms in total. The van der Waals surface area contributed by atoms with Gasteiger partial charge >= 0.3 is 0 Å². The molecule has 0 bridgehead atoms. The van der Waals surface area contributed by atoms with Crippen LogP contribution in [-0.4, -0.2) is 76.2 Å². The zero-order valence-corrected chi connectivity index (χ0v) is 20.4. The summed E-state index contributed by atoms with van der Waals surface area (Å²) >= 11 is 0. The van der Waals surface area contributed by atoms with E-state index in [0.29, 0.717) is 26.2 Å². The van der Waals surface area contributed by atoms with Crippen LogP contribution < -0.4 is 5.32 Å². The maximum atomic E-state index is 11.7. The Hall–Kier alpha value is -0.910. The summed E-state index contributed by atoms with van der Waals surface area (Å²) in [5.41, 5.74) is 2.44.